The van der Waals surface area contributed by atoms with Gasteiger partial charge in [-0.3, -0.25) is 4.90 Å². The molecular weight excluding hydrogens is 322 g/mol. The smallest absolute Gasteiger partial charge is 0.319 e. The summed E-state index contributed by atoms with van der Waals surface area (Å²) >= 11 is 1.73. The lowest BCUT2D eigenvalue weighted by Crippen LogP contribution is -2.49. The number of rotatable bonds is 5. The van der Waals surface area contributed by atoms with Crippen LogP contribution < -0.4 is 10.6 Å². The number of nitrogens with one attached hydrogen (secondary N) is 2. The molecule has 1 aliphatic rings. The maximum absolute atomic E-state index is 12.3. The van der Waals surface area contributed by atoms with E-state index in [-0.39, 0.29) is 18.1 Å². The SMILES string of the molecule is C[C@H](NC(=O)Nc1ccccc1)[C@@H](c1cccs1)N1CCOCC1. The zero-order valence-electron chi connectivity index (χ0n) is 13.8. The van der Waals surface area contributed by atoms with Crippen LogP contribution in [0, 0.1) is 0 Å². The van der Waals surface area contributed by atoms with Crippen LogP contribution in [-0.4, -0.2) is 43.3 Å². The molecule has 0 spiro atoms. The van der Waals surface area contributed by atoms with E-state index in [1.807, 2.05) is 30.3 Å². The predicted molar refractivity (Wildman–Crippen MR) is 97.5 cm³/mol. The maximum Gasteiger partial charge on any atom is 0.319 e. The minimum Gasteiger partial charge on any atom is -0.379 e. The van der Waals surface area contributed by atoms with Gasteiger partial charge in [-0.1, -0.05) is 24.3 Å². The lowest BCUT2D eigenvalue weighted by atomic mass is 10.1. The Morgan fingerprint density at radius 3 is 2.58 bits per heavy atom. The van der Waals surface area contributed by atoms with Crippen LogP contribution in [0.15, 0.2) is 47.8 Å². The summed E-state index contributed by atoms with van der Waals surface area (Å²) in [4.78, 5) is 16.0. The molecule has 2 aromatic rings. The zero-order chi connectivity index (χ0) is 16.8. The number of thiophene rings is 1. The van der Waals surface area contributed by atoms with Crippen molar-refractivity contribution in [2.75, 3.05) is 31.6 Å². The second-order valence-electron chi connectivity index (χ2n) is 5.86. The summed E-state index contributed by atoms with van der Waals surface area (Å²) in [7, 11) is 0. The molecule has 24 heavy (non-hydrogen) atoms. The van der Waals surface area contributed by atoms with Gasteiger partial charge in [-0.05, 0) is 30.5 Å². The minimum atomic E-state index is -0.177. The van der Waals surface area contributed by atoms with Crippen molar-refractivity contribution in [2.45, 2.75) is 19.0 Å². The summed E-state index contributed by atoms with van der Waals surface area (Å²) in [5, 5.41) is 8.06. The van der Waals surface area contributed by atoms with Crippen LogP contribution in [0.1, 0.15) is 17.8 Å². The van der Waals surface area contributed by atoms with Crippen LogP contribution in [0.5, 0.6) is 0 Å². The highest BCUT2D eigenvalue weighted by molar-refractivity contribution is 7.10. The average Bonchev–Trinajstić information content (AvgIpc) is 3.11. The van der Waals surface area contributed by atoms with Gasteiger partial charge < -0.3 is 15.4 Å². The van der Waals surface area contributed by atoms with E-state index in [1.165, 1.54) is 4.88 Å². The van der Waals surface area contributed by atoms with Crippen molar-refractivity contribution in [1.29, 1.82) is 0 Å². The Hall–Kier alpha value is -1.89. The highest BCUT2D eigenvalue weighted by Gasteiger charge is 2.29. The van der Waals surface area contributed by atoms with Gasteiger partial charge in [-0.15, -0.1) is 11.3 Å². The largest absolute Gasteiger partial charge is 0.379 e. The van der Waals surface area contributed by atoms with E-state index in [4.69, 9.17) is 4.74 Å². The molecule has 2 heterocycles. The molecule has 0 unspecified atom stereocenters. The van der Waals surface area contributed by atoms with Gasteiger partial charge in [0, 0.05) is 29.7 Å². The number of urea groups is 1. The first-order valence-corrected chi connectivity index (χ1v) is 9.10. The van der Waals surface area contributed by atoms with Gasteiger partial charge in [0.1, 0.15) is 0 Å². The van der Waals surface area contributed by atoms with Crippen LogP contribution in [-0.2, 0) is 4.74 Å². The van der Waals surface area contributed by atoms with E-state index in [2.05, 4.69) is 40.0 Å². The van der Waals surface area contributed by atoms with E-state index in [0.717, 1.165) is 32.0 Å². The van der Waals surface area contributed by atoms with Crippen molar-refractivity contribution in [3.05, 3.63) is 52.7 Å². The fourth-order valence-electron chi connectivity index (χ4n) is 3.03. The molecule has 1 saturated heterocycles. The highest BCUT2D eigenvalue weighted by atomic mass is 32.1. The van der Waals surface area contributed by atoms with E-state index in [9.17, 15) is 4.79 Å². The number of hydrogen-bond acceptors (Lipinski definition) is 4. The van der Waals surface area contributed by atoms with Crippen LogP contribution in [0.25, 0.3) is 0 Å². The maximum atomic E-state index is 12.3. The summed E-state index contributed by atoms with van der Waals surface area (Å²) in [5.41, 5.74) is 0.793. The van der Waals surface area contributed by atoms with Gasteiger partial charge in [0.05, 0.1) is 19.3 Å². The fraction of sp³-hybridized carbons (Fsp3) is 0.389. The van der Waals surface area contributed by atoms with E-state index >= 15 is 0 Å². The van der Waals surface area contributed by atoms with Gasteiger partial charge in [-0.2, -0.15) is 0 Å². The van der Waals surface area contributed by atoms with Gasteiger partial charge in [0.25, 0.3) is 0 Å². The standard InChI is InChI=1S/C18H23N3O2S/c1-14(19-18(22)20-15-6-3-2-4-7-15)17(16-8-5-13-24-16)21-9-11-23-12-10-21/h2-8,13-14,17H,9-12H2,1H3,(H2,19,20,22)/t14-,17-/m0/s1. The second-order valence-corrected chi connectivity index (χ2v) is 6.84. The van der Waals surface area contributed by atoms with Crippen molar-refractivity contribution in [1.82, 2.24) is 10.2 Å². The number of ether oxygens (including phenoxy) is 1. The first-order valence-electron chi connectivity index (χ1n) is 8.22. The van der Waals surface area contributed by atoms with Crippen molar-refractivity contribution >= 4 is 23.1 Å². The quantitative estimate of drug-likeness (QED) is 0.874. The third kappa shape index (κ3) is 4.35. The Kier molecular flexibility index (Phi) is 5.85. The monoisotopic (exact) mass is 345 g/mol. The van der Waals surface area contributed by atoms with Crippen LogP contribution >= 0.6 is 11.3 Å². The molecule has 128 valence electrons. The number of nitrogens with zero attached hydrogens (tertiary/aromatic N) is 1. The number of benzene rings is 1. The second kappa shape index (κ2) is 8.28. The Balaban J connectivity index is 1.66. The molecule has 3 rings (SSSR count). The molecular formula is C18H23N3O2S. The molecule has 0 aliphatic carbocycles. The van der Waals surface area contributed by atoms with Crippen molar-refractivity contribution in [3.8, 4) is 0 Å². The van der Waals surface area contributed by atoms with E-state index in [0.29, 0.717) is 0 Å². The molecule has 2 amide bonds. The summed E-state index contributed by atoms with van der Waals surface area (Å²) < 4.78 is 5.47. The molecule has 2 atom stereocenters. The molecule has 0 saturated carbocycles. The normalized spacial score (nSPS) is 17.9. The molecule has 5 nitrogen and oxygen atoms in total. The Bertz CT molecular complexity index is 627. The predicted octanol–water partition coefficient (Wildman–Crippen LogP) is 3.33. The molecule has 0 radical (unpaired) electrons. The van der Waals surface area contributed by atoms with E-state index < -0.39 is 0 Å². The number of carbonyl (C=O) groups excluding carboxylic acids is 1. The summed E-state index contributed by atoms with van der Waals surface area (Å²) in [6.07, 6.45) is 0. The molecule has 0 bridgehead atoms. The topological polar surface area (TPSA) is 53.6 Å². The van der Waals surface area contributed by atoms with Crippen LogP contribution in [0.2, 0.25) is 0 Å². The Morgan fingerprint density at radius 1 is 1.17 bits per heavy atom. The summed E-state index contributed by atoms with van der Waals surface area (Å²) in [6.45, 7) is 5.31. The number of carbonyl (C=O) groups is 1. The van der Waals surface area contributed by atoms with Gasteiger partial charge in [0.2, 0.25) is 0 Å². The number of hydrogen-bond donors (Lipinski definition) is 2. The fourth-order valence-corrected chi connectivity index (χ4v) is 4.00. The summed E-state index contributed by atoms with van der Waals surface area (Å²) in [5.74, 6) is 0. The molecule has 2 N–H and O–H groups in total. The number of para-hydroxylation sites is 1. The zero-order valence-corrected chi connectivity index (χ0v) is 14.6. The van der Waals surface area contributed by atoms with Crippen molar-refractivity contribution < 1.29 is 9.53 Å². The molecule has 1 aliphatic heterocycles. The molecule has 6 heteroatoms. The number of amides is 2. The first kappa shape index (κ1) is 17.0. The third-order valence-electron chi connectivity index (χ3n) is 4.14. The highest BCUT2D eigenvalue weighted by Crippen LogP contribution is 2.29. The summed E-state index contributed by atoms with van der Waals surface area (Å²) in [6, 6.07) is 13.7. The number of morpholine rings is 1. The van der Waals surface area contributed by atoms with Crippen molar-refractivity contribution in [3.63, 3.8) is 0 Å². The minimum absolute atomic E-state index is 0.00883. The van der Waals surface area contributed by atoms with Gasteiger partial charge in [0.15, 0.2) is 0 Å². The third-order valence-corrected chi connectivity index (χ3v) is 5.08. The van der Waals surface area contributed by atoms with E-state index in [1.54, 1.807) is 11.3 Å². The van der Waals surface area contributed by atoms with Crippen molar-refractivity contribution in [2.24, 2.45) is 0 Å². The molecule has 1 fully saturated rings. The first-order chi connectivity index (χ1) is 11.7. The van der Waals surface area contributed by atoms with Crippen LogP contribution in [0.4, 0.5) is 10.5 Å². The lowest BCUT2D eigenvalue weighted by molar-refractivity contribution is 0.0106. The molecule has 1 aromatic carbocycles. The Labute approximate surface area is 146 Å². The van der Waals surface area contributed by atoms with Gasteiger partial charge in [-0.25, -0.2) is 4.79 Å². The lowest BCUT2D eigenvalue weighted by Gasteiger charge is -2.37. The Morgan fingerprint density at radius 2 is 1.92 bits per heavy atom. The van der Waals surface area contributed by atoms with Crippen LogP contribution in [0.3, 0.4) is 0 Å². The number of anilines is 1. The van der Waals surface area contributed by atoms with Gasteiger partial charge >= 0.3 is 6.03 Å². The average molecular weight is 345 g/mol. The molecule has 1 aromatic heterocycles.